The number of rotatable bonds is 4. The van der Waals surface area contributed by atoms with Crippen LogP contribution in [0.2, 0.25) is 0 Å². The Balaban J connectivity index is 1.11. The molecule has 4 heterocycles. The van der Waals surface area contributed by atoms with Crippen molar-refractivity contribution in [2.24, 2.45) is 0 Å². The quantitative estimate of drug-likeness (QED) is 0.192. The van der Waals surface area contributed by atoms with Crippen molar-refractivity contribution in [2.45, 2.75) is 5.41 Å². The van der Waals surface area contributed by atoms with Gasteiger partial charge >= 0.3 is 0 Å². The molecule has 0 saturated heterocycles. The number of pyridine rings is 2. The van der Waals surface area contributed by atoms with E-state index < -0.39 is 5.41 Å². The molecule has 5 heteroatoms. The molecule has 1 aliphatic carbocycles. The number of fused-ring (bicyclic) bond motifs is 9. The summed E-state index contributed by atoms with van der Waals surface area (Å²) in [6.45, 7) is 0. The maximum atomic E-state index is 6.45. The lowest BCUT2D eigenvalue weighted by atomic mass is 9.67. The molecule has 0 fully saturated rings. The van der Waals surface area contributed by atoms with Gasteiger partial charge in [-0.3, -0.25) is 9.97 Å². The van der Waals surface area contributed by atoms with Crippen molar-refractivity contribution in [2.75, 3.05) is 0 Å². The first-order chi connectivity index (χ1) is 24.8. The highest BCUT2D eigenvalue weighted by Crippen LogP contribution is 2.62. The minimum absolute atomic E-state index is 0.618. The van der Waals surface area contributed by atoms with E-state index in [2.05, 4.69) is 107 Å². The molecule has 0 radical (unpaired) electrons. The Kier molecular flexibility index (Phi) is 6.33. The topological polar surface area (TPSA) is 60.8 Å². The number of hydrogen-bond acceptors (Lipinski definition) is 5. The molecule has 0 amide bonds. The lowest BCUT2D eigenvalue weighted by molar-refractivity contribution is 0.433. The van der Waals surface area contributed by atoms with Gasteiger partial charge in [0.1, 0.15) is 11.5 Å². The van der Waals surface area contributed by atoms with Crippen LogP contribution in [0.5, 0.6) is 11.5 Å². The summed E-state index contributed by atoms with van der Waals surface area (Å²) < 4.78 is 6.45. The van der Waals surface area contributed by atoms with E-state index in [4.69, 9.17) is 14.7 Å². The molecule has 1 spiro atoms. The third-order valence-corrected chi connectivity index (χ3v) is 9.98. The van der Waals surface area contributed by atoms with Gasteiger partial charge in [-0.1, -0.05) is 121 Å². The summed E-state index contributed by atoms with van der Waals surface area (Å²) >= 11 is 0. The van der Waals surface area contributed by atoms with Gasteiger partial charge in [-0.2, -0.15) is 0 Å². The van der Waals surface area contributed by atoms with Crippen LogP contribution in [-0.2, 0) is 5.41 Å². The number of nitrogens with zero attached hydrogens (tertiary/aromatic N) is 4. The van der Waals surface area contributed by atoms with Crippen molar-refractivity contribution in [3.63, 3.8) is 0 Å². The fourth-order valence-corrected chi connectivity index (χ4v) is 7.71. The van der Waals surface area contributed by atoms with Crippen LogP contribution in [0.1, 0.15) is 22.3 Å². The first-order valence-corrected chi connectivity index (χ1v) is 16.7. The van der Waals surface area contributed by atoms with Crippen LogP contribution in [0.15, 0.2) is 170 Å². The second-order valence-electron chi connectivity index (χ2n) is 12.7. The minimum Gasteiger partial charge on any atom is -0.456 e. The van der Waals surface area contributed by atoms with E-state index >= 15 is 0 Å². The molecule has 0 saturated carbocycles. The zero-order chi connectivity index (χ0) is 33.1. The summed E-state index contributed by atoms with van der Waals surface area (Å²) in [5.74, 6) is 2.31. The number of aromatic nitrogens is 4. The summed E-state index contributed by atoms with van der Waals surface area (Å²) in [5, 5.41) is 0. The second-order valence-corrected chi connectivity index (χ2v) is 12.7. The SMILES string of the molecule is c1ccc(-c2cc(-c3ccccc3)nc(-c3ccc(-c4ccc5c(c4)C4(c6cnccc6Oc6ccncc64)c4ccccc4-5)cc3)n2)cc1. The maximum Gasteiger partial charge on any atom is 0.160 e. The van der Waals surface area contributed by atoms with Crippen molar-refractivity contribution < 1.29 is 4.74 Å². The molecule has 0 N–H and O–H groups in total. The van der Waals surface area contributed by atoms with E-state index in [1.807, 2.05) is 60.9 Å². The standard InChI is InChI=1S/C45H28N4O/c1-3-9-30(10-4-1)40-26-41(31-11-5-2-6-12-31)49-44(48-40)32-17-15-29(16-18-32)33-19-20-35-34-13-7-8-14-36(34)45(37(35)25-33)38-27-46-23-21-42(38)50-43-22-24-47-28-39(43)45/h1-28H. The van der Waals surface area contributed by atoms with Crippen molar-refractivity contribution in [1.82, 2.24) is 19.9 Å². The van der Waals surface area contributed by atoms with Crippen LogP contribution in [0, 0.1) is 0 Å². The zero-order valence-corrected chi connectivity index (χ0v) is 26.9. The molecule has 0 atom stereocenters. The van der Waals surface area contributed by atoms with Crippen molar-refractivity contribution in [3.05, 3.63) is 193 Å². The molecule has 50 heavy (non-hydrogen) atoms. The number of ether oxygens (including phenoxy) is 1. The lowest BCUT2D eigenvalue weighted by Gasteiger charge is -2.38. The molecule has 5 nitrogen and oxygen atoms in total. The Morgan fingerprint density at radius 2 is 0.940 bits per heavy atom. The number of hydrogen-bond donors (Lipinski definition) is 0. The van der Waals surface area contributed by atoms with E-state index in [1.165, 1.54) is 22.3 Å². The molecule has 3 aromatic heterocycles. The molecule has 0 bridgehead atoms. The van der Waals surface area contributed by atoms with E-state index in [-0.39, 0.29) is 0 Å². The van der Waals surface area contributed by atoms with Gasteiger partial charge in [0.15, 0.2) is 5.82 Å². The van der Waals surface area contributed by atoms with Gasteiger partial charge in [-0.05, 0) is 57.6 Å². The van der Waals surface area contributed by atoms with Crippen LogP contribution < -0.4 is 4.74 Å². The van der Waals surface area contributed by atoms with Crippen molar-refractivity contribution in [1.29, 1.82) is 0 Å². The first-order valence-electron chi connectivity index (χ1n) is 16.7. The molecule has 0 unspecified atom stereocenters. The van der Waals surface area contributed by atoms with Crippen LogP contribution in [0.4, 0.5) is 0 Å². The average molecular weight is 641 g/mol. The number of benzene rings is 5. The van der Waals surface area contributed by atoms with Gasteiger partial charge in [0.2, 0.25) is 0 Å². The predicted octanol–water partition coefficient (Wildman–Crippen LogP) is 10.4. The minimum atomic E-state index is -0.618. The van der Waals surface area contributed by atoms with Gasteiger partial charge in [-0.15, -0.1) is 0 Å². The van der Waals surface area contributed by atoms with Crippen LogP contribution in [0.25, 0.3) is 56.2 Å². The normalized spacial score (nSPS) is 13.1. The Morgan fingerprint density at radius 3 is 1.58 bits per heavy atom. The molecule has 8 aromatic rings. The molecule has 1 aliphatic heterocycles. The first kappa shape index (κ1) is 28.3. The van der Waals surface area contributed by atoms with Gasteiger partial charge in [0.05, 0.1) is 16.8 Å². The summed E-state index contributed by atoms with van der Waals surface area (Å²) in [6.07, 6.45) is 7.48. The molecule has 2 aliphatic rings. The van der Waals surface area contributed by atoms with Gasteiger partial charge in [-0.25, -0.2) is 9.97 Å². The van der Waals surface area contributed by atoms with Crippen LogP contribution in [0.3, 0.4) is 0 Å². The third-order valence-electron chi connectivity index (χ3n) is 9.98. The third kappa shape index (κ3) is 4.27. The van der Waals surface area contributed by atoms with Gasteiger partial charge in [0.25, 0.3) is 0 Å². The second kappa shape index (κ2) is 11.2. The summed E-state index contributed by atoms with van der Waals surface area (Å²) in [4.78, 5) is 19.3. The molecule has 10 rings (SSSR count). The predicted molar refractivity (Wildman–Crippen MR) is 197 cm³/mol. The molecule has 5 aromatic carbocycles. The Labute approximate surface area is 289 Å². The largest absolute Gasteiger partial charge is 0.456 e. The van der Waals surface area contributed by atoms with Crippen LogP contribution in [-0.4, -0.2) is 19.9 Å². The summed E-state index contributed by atoms with van der Waals surface area (Å²) in [5.41, 5.74) is 13.3. The summed E-state index contributed by atoms with van der Waals surface area (Å²) in [6, 6.07) is 50.6. The highest BCUT2D eigenvalue weighted by molar-refractivity contribution is 5.90. The monoisotopic (exact) mass is 640 g/mol. The average Bonchev–Trinajstić information content (AvgIpc) is 3.48. The molecule has 234 valence electrons. The van der Waals surface area contributed by atoms with Crippen molar-refractivity contribution in [3.8, 4) is 67.7 Å². The molecular weight excluding hydrogens is 613 g/mol. The van der Waals surface area contributed by atoms with E-state index in [9.17, 15) is 0 Å². The van der Waals surface area contributed by atoms with Gasteiger partial charge < -0.3 is 4.74 Å². The lowest BCUT2D eigenvalue weighted by Crippen LogP contribution is -2.32. The fourth-order valence-electron chi connectivity index (χ4n) is 7.71. The van der Waals surface area contributed by atoms with Crippen LogP contribution >= 0.6 is 0 Å². The Morgan fingerprint density at radius 1 is 0.400 bits per heavy atom. The van der Waals surface area contributed by atoms with Crippen molar-refractivity contribution >= 4 is 0 Å². The van der Waals surface area contributed by atoms with E-state index in [0.29, 0.717) is 5.82 Å². The van der Waals surface area contributed by atoms with Gasteiger partial charge in [0, 0.05) is 52.6 Å². The highest BCUT2D eigenvalue weighted by atomic mass is 16.5. The molecular formula is C45H28N4O. The Hall–Kier alpha value is -6.72. The van der Waals surface area contributed by atoms with E-state index in [1.54, 1.807) is 12.4 Å². The Bertz CT molecular complexity index is 2460. The fraction of sp³-hybridized carbons (Fsp3) is 0.0222. The maximum absolute atomic E-state index is 6.45. The zero-order valence-electron chi connectivity index (χ0n) is 26.9. The smallest absolute Gasteiger partial charge is 0.160 e. The van der Waals surface area contributed by atoms with E-state index in [0.717, 1.165) is 61.8 Å². The highest BCUT2D eigenvalue weighted by Gasteiger charge is 2.51. The summed E-state index contributed by atoms with van der Waals surface area (Å²) in [7, 11) is 0.